The van der Waals surface area contributed by atoms with Crippen molar-refractivity contribution in [1.29, 1.82) is 0 Å². The van der Waals surface area contributed by atoms with Crippen LogP contribution >= 0.6 is 11.6 Å². The average Bonchev–Trinajstić information content (AvgIpc) is 2.85. The van der Waals surface area contributed by atoms with E-state index < -0.39 is 10.0 Å². The standard InChI is InChI=1S/C20H21ClN2O2S/c21-17-7-5-6-15(12-17)20-14-16-13-18(8-9-19(16)22-20)26(24,25)23-10-3-1-2-4-11-23/h5-9,12-14,22H,1-4,10-11H2. The molecule has 0 spiro atoms. The molecule has 136 valence electrons. The topological polar surface area (TPSA) is 53.2 Å². The molecule has 1 aromatic heterocycles. The minimum Gasteiger partial charge on any atom is -0.355 e. The molecule has 3 aromatic rings. The Balaban J connectivity index is 1.71. The van der Waals surface area contributed by atoms with Crippen molar-refractivity contribution in [3.8, 4) is 11.3 Å². The van der Waals surface area contributed by atoms with Crippen molar-refractivity contribution < 1.29 is 8.42 Å². The molecule has 0 unspecified atom stereocenters. The second-order valence-corrected chi connectivity index (χ2v) is 9.14. The highest BCUT2D eigenvalue weighted by Crippen LogP contribution is 2.29. The number of aromatic nitrogens is 1. The van der Waals surface area contributed by atoms with E-state index in [1.165, 1.54) is 0 Å². The Hall–Kier alpha value is -1.82. The van der Waals surface area contributed by atoms with Gasteiger partial charge in [0.1, 0.15) is 0 Å². The molecule has 0 amide bonds. The van der Waals surface area contributed by atoms with Crippen molar-refractivity contribution in [2.75, 3.05) is 13.1 Å². The lowest BCUT2D eigenvalue weighted by Crippen LogP contribution is -2.31. The minimum atomic E-state index is -3.44. The predicted octanol–water partition coefficient (Wildman–Crippen LogP) is 5.05. The molecule has 1 fully saturated rings. The van der Waals surface area contributed by atoms with Gasteiger partial charge in [-0.1, -0.05) is 36.6 Å². The fraction of sp³-hybridized carbons (Fsp3) is 0.300. The zero-order valence-corrected chi connectivity index (χ0v) is 16.0. The van der Waals surface area contributed by atoms with Gasteiger partial charge in [-0.2, -0.15) is 4.31 Å². The van der Waals surface area contributed by atoms with Gasteiger partial charge in [0.2, 0.25) is 10.0 Å². The SMILES string of the molecule is O=S(=O)(c1ccc2[nH]c(-c3cccc(Cl)c3)cc2c1)N1CCCCCC1. The molecule has 6 heteroatoms. The first-order valence-electron chi connectivity index (χ1n) is 8.93. The van der Waals surface area contributed by atoms with E-state index in [4.69, 9.17) is 11.6 Å². The van der Waals surface area contributed by atoms with Crippen LogP contribution < -0.4 is 0 Å². The van der Waals surface area contributed by atoms with Crippen LogP contribution in [-0.4, -0.2) is 30.8 Å². The van der Waals surface area contributed by atoms with E-state index in [0.717, 1.165) is 47.8 Å². The molecule has 0 atom stereocenters. The van der Waals surface area contributed by atoms with Crippen LogP contribution in [0.15, 0.2) is 53.4 Å². The summed E-state index contributed by atoms with van der Waals surface area (Å²) < 4.78 is 27.6. The Morgan fingerprint density at radius 2 is 1.69 bits per heavy atom. The lowest BCUT2D eigenvalue weighted by molar-refractivity contribution is 0.424. The molecule has 26 heavy (non-hydrogen) atoms. The molecule has 1 aliphatic heterocycles. The van der Waals surface area contributed by atoms with Gasteiger partial charge < -0.3 is 4.98 Å². The number of nitrogens with one attached hydrogen (secondary N) is 1. The van der Waals surface area contributed by atoms with Crippen LogP contribution in [0.5, 0.6) is 0 Å². The van der Waals surface area contributed by atoms with E-state index in [1.54, 1.807) is 16.4 Å². The zero-order chi connectivity index (χ0) is 18.1. The number of benzene rings is 2. The third-order valence-corrected chi connectivity index (χ3v) is 7.06. The van der Waals surface area contributed by atoms with E-state index in [-0.39, 0.29) is 0 Å². The van der Waals surface area contributed by atoms with E-state index in [2.05, 4.69) is 4.98 Å². The van der Waals surface area contributed by atoms with Gasteiger partial charge in [0.25, 0.3) is 0 Å². The minimum absolute atomic E-state index is 0.364. The van der Waals surface area contributed by atoms with Gasteiger partial charge in [0.05, 0.1) is 4.90 Å². The maximum atomic E-state index is 13.0. The van der Waals surface area contributed by atoms with Gasteiger partial charge in [-0.3, -0.25) is 0 Å². The summed E-state index contributed by atoms with van der Waals surface area (Å²) in [7, 11) is -3.44. The number of hydrogen-bond acceptors (Lipinski definition) is 2. The first kappa shape index (κ1) is 17.6. The van der Waals surface area contributed by atoms with Crippen LogP contribution in [0.25, 0.3) is 22.2 Å². The maximum absolute atomic E-state index is 13.0. The third kappa shape index (κ3) is 3.39. The Bertz CT molecular complexity index is 1030. The molecule has 4 rings (SSSR count). The molecule has 1 aliphatic rings. The van der Waals surface area contributed by atoms with Crippen molar-refractivity contribution in [3.63, 3.8) is 0 Å². The summed E-state index contributed by atoms with van der Waals surface area (Å²) in [6.07, 6.45) is 4.08. The summed E-state index contributed by atoms with van der Waals surface area (Å²) in [5.74, 6) is 0. The fourth-order valence-electron chi connectivity index (χ4n) is 3.51. The molecular formula is C20H21ClN2O2S. The smallest absolute Gasteiger partial charge is 0.243 e. The lowest BCUT2D eigenvalue weighted by atomic mass is 10.1. The molecular weight excluding hydrogens is 368 g/mol. The van der Waals surface area contributed by atoms with Crippen LogP contribution in [0.2, 0.25) is 5.02 Å². The van der Waals surface area contributed by atoms with Crippen molar-refractivity contribution in [2.24, 2.45) is 0 Å². The van der Waals surface area contributed by atoms with Crippen LogP contribution in [0.4, 0.5) is 0 Å². The number of nitrogens with zero attached hydrogens (tertiary/aromatic N) is 1. The average molecular weight is 389 g/mol. The van der Waals surface area contributed by atoms with E-state index in [9.17, 15) is 8.42 Å². The molecule has 2 heterocycles. The number of sulfonamides is 1. The van der Waals surface area contributed by atoms with Crippen LogP contribution in [0, 0.1) is 0 Å². The van der Waals surface area contributed by atoms with Crippen molar-refractivity contribution in [3.05, 3.63) is 53.6 Å². The molecule has 4 nitrogen and oxygen atoms in total. The van der Waals surface area contributed by atoms with Crippen molar-refractivity contribution in [2.45, 2.75) is 30.6 Å². The fourth-order valence-corrected chi connectivity index (χ4v) is 5.26. The summed E-state index contributed by atoms with van der Waals surface area (Å²) >= 11 is 6.08. The van der Waals surface area contributed by atoms with Gasteiger partial charge in [-0.05, 0) is 54.8 Å². The van der Waals surface area contributed by atoms with Gasteiger partial charge in [0, 0.05) is 34.7 Å². The van der Waals surface area contributed by atoms with Crippen LogP contribution in [0.3, 0.4) is 0 Å². The van der Waals surface area contributed by atoms with Gasteiger partial charge in [-0.15, -0.1) is 0 Å². The van der Waals surface area contributed by atoms with E-state index in [0.29, 0.717) is 23.0 Å². The number of hydrogen-bond donors (Lipinski definition) is 1. The molecule has 0 bridgehead atoms. The van der Waals surface area contributed by atoms with Gasteiger partial charge in [-0.25, -0.2) is 8.42 Å². The maximum Gasteiger partial charge on any atom is 0.243 e. The second-order valence-electron chi connectivity index (χ2n) is 6.76. The summed E-state index contributed by atoms with van der Waals surface area (Å²) in [6.45, 7) is 1.22. The van der Waals surface area contributed by atoms with Gasteiger partial charge >= 0.3 is 0 Å². The second kappa shape index (κ2) is 7.06. The summed E-state index contributed by atoms with van der Waals surface area (Å²) in [5.41, 5.74) is 2.81. The van der Waals surface area contributed by atoms with Crippen molar-refractivity contribution in [1.82, 2.24) is 9.29 Å². The highest BCUT2D eigenvalue weighted by Gasteiger charge is 2.25. The molecule has 0 saturated carbocycles. The Morgan fingerprint density at radius 1 is 0.923 bits per heavy atom. The predicted molar refractivity (Wildman–Crippen MR) is 106 cm³/mol. The summed E-state index contributed by atoms with van der Waals surface area (Å²) in [4.78, 5) is 3.70. The first-order valence-corrected chi connectivity index (χ1v) is 10.7. The number of fused-ring (bicyclic) bond motifs is 1. The monoisotopic (exact) mass is 388 g/mol. The Morgan fingerprint density at radius 3 is 2.42 bits per heavy atom. The highest BCUT2D eigenvalue weighted by atomic mass is 35.5. The largest absolute Gasteiger partial charge is 0.355 e. The molecule has 1 saturated heterocycles. The van der Waals surface area contributed by atoms with E-state index >= 15 is 0 Å². The molecule has 0 aliphatic carbocycles. The van der Waals surface area contributed by atoms with Gasteiger partial charge in [0.15, 0.2) is 0 Å². The number of halogens is 1. The molecule has 2 aromatic carbocycles. The number of rotatable bonds is 3. The lowest BCUT2D eigenvalue weighted by Gasteiger charge is -2.19. The summed E-state index contributed by atoms with van der Waals surface area (Å²) in [5, 5.41) is 1.56. The van der Waals surface area contributed by atoms with Crippen LogP contribution in [0.1, 0.15) is 25.7 Å². The van der Waals surface area contributed by atoms with E-state index in [1.807, 2.05) is 36.4 Å². The first-order chi connectivity index (χ1) is 12.5. The Labute approximate surface area is 158 Å². The molecule has 0 radical (unpaired) electrons. The van der Waals surface area contributed by atoms with Crippen molar-refractivity contribution >= 4 is 32.5 Å². The zero-order valence-electron chi connectivity index (χ0n) is 14.4. The summed E-state index contributed by atoms with van der Waals surface area (Å²) in [6, 6.07) is 14.9. The Kier molecular flexibility index (Phi) is 4.78. The molecule has 1 N–H and O–H groups in total. The van der Waals surface area contributed by atoms with Crippen LogP contribution in [-0.2, 0) is 10.0 Å². The normalized spacial score (nSPS) is 16.7. The number of H-pyrrole nitrogens is 1. The quantitative estimate of drug-likeness (QED) is 0.682. The third-order valence-electron chi connectivity index (χ3n) is 4.93. The highest BCUT2D eigenvalue weighted by molar-refractivity contribution is 7.89. The number of aromatic amines is 1.